The van der Waals surface area contributed by atoms with Crippen LogP contribution in [-0.2, 0) is 0 Å². The molecule has 2 heterocycles. The zero-order valence-electron chi connectivity index (χ0n) is 16.8. The molecule has 0 aromatic carbocycles. The average Bonchev–Trinajstić information content (AvgIpc) is 2.62. The molecule has 8 nitrogen and oxygen atoms in total. The van der Waals surface area contributed by atoms with Crippen LogP contribution in [0.4, 0.5) is 5.95 Å². The Bertz CT molecular complexity index is 616. The first-order chi connectivity index (χ1) is 12.3. The maximum atomic E-state index is 5.26. The van der Waals surface area contributed by atoms with Gasteiger partial charge < -0.3 is 25.2 Å². The van der Waals surface area contributed by atoms with E-state index in [0.717, 1.165) is 49.7 Å². The van der Waals surface area contributed by atoms with Gasteiger partial charge in [0.25, 0.3) is 0 Å². The van der Waals surface area contributed by atoms with Gasteiger partial charge in [0.1, 0.15) is 0 Å². The second kappa shape index (κ2) is 11.2. The molecule has 0 amide bonds. The van der Waals surface area contributed by atoms with Crippen LogP contribution in [0.5, 0.6) is 5.88 Å². The Labute approximate surface area is 187 Å². The van der Waals surface area contributed by atoms with Gasteiger partial charge in [0, 0.05) is 51.9 Å². The van der Waals surface area contributed by atoms with Crippen LogP contribution in [0, 0.1) is 0 Å². The van der Waals surface area contributed by atoms with Crippen molar-refractivity contribution in [2.24, 2.45) is 4.99 Å². The van der Waals surface area contributed by atoms with Crippen LogP contribution >= 0.6 is 39.9 Å². The Hall–Kier alpha value is -0.880. The van der Waals surface area contributed by atoms with Gasteiger partial charge in [-0.3, -0.25) is 4.99 Å². The molecule has 1 aliphatic rings. The lowest BCUT2D eigenvalue weighted by atomic mass is 10.1. The van der Waals surface area contributed by atoms with Crippen molar-refractivity contribution < 1.29 is 4.74 Å². The van der Waals surface area contributed by atoms with Crippen molar-refractivity contribution in [3.63, 3.8) is 0 Å². The minimum Gasteiger partial charge on any atom is -0.480 e. The van der Waals surface area contributed by atoms with Crippen molar-refractivity contribution in [1.82, 2.24) is 25.5 Å². The van der Waals surface area contributed by atoms with Crippen molar-refractivity contribution in [3.05, 3.63) is 10.7 Å². The van der Waals surface area contributed by atoms with Gasteiger partial charge in [0.15, 0.2) is 5.96 Å². The Morgan fingerprint density at radius 3 is 2.48 bits per heavy atom. The number of anilines is 1. The number of aromatic nitrogens is 2. The van der Waals surface area contributed by atoms with Crippen LogP contribution in [-0.4, -0.2) is 79.8 Å². The monoisotopic (exact) mass is 555 g/mol. The molecule has 0 unspecified atom stereocenters. The van der Waals surface area contributed by atoms with Gasteiger partial charge in [-0.2, -0.15) is 4.98 Å². The zero-order chi connectivity index (χ0) is 19.2. The number of halogens is 2. The number of guanidine groups is 1. The highest BCUT2D eigenvalue weighted by Crippen LogP contribution is 2.23. The van der Waals surface area contributed by atoms with E-state index < -0.39 is 0 Å². The van der Waals surface area contributed by atoms with Gasteiger partial charge in [0.2, 0.25) is 11.8 Å². The summed E-state index contributed by atoms with van der Waals surface area (Å²) in [5.41, 5.74) is 0.128. The Morgan fingerprint density at radius 1 is 1.26 bits per heavy atom. The Kier molecular flexibility index (Phi) is 10.0. The molecule has 1 aromatic heterocycles. The topological polar surface area (TPSA) is 77.9 Å². The zero-order valence-corrected chi connectivity index (χ0v) is 20.7. The molecular formula is C17H31BrIN7O. The fourth-order valence-corrected chi connectivity index (χ4v) is 3.05. The highest BCUT2D eigenvalue weighted by atomic mass is 127. The molecule has 154 valence electrons. The Balaban J connectivity index is 0.00000364. The highest BCUT2D eigenvalue weighted by molar-refractivity contribution is 14.0. The van der Waals surface area contributed by atoms with E-state index in [0.29, 0.717) is 11.8 Å². The van der Waals surface area contributed by atoms with Gasteiger partial charge in [-0.25, -0.2) is 4.98 Å². The highest BCUT2D eigenvalue weighted by Gasteiger charge is 2.22. The van der Waals surface area contributed by atoms with Crippen molar-refractivity contribution in [2.45, 2.75) is 26.3 Å². The molecule has 0 saturated carbocycles. The second-order valence-electron chi connectivity index (χ2n) is 7.15. The standard InChI is InChI=1S/C17H30BrN7O.HI/c1-17(2,3)22-7-6-20-15(19-4)24-8-10-25(11-9-24)16-21-12-13(18)14(23-16)26-5;/h12,22H,6-11H2,1-5H3,(H,19,20);1H. The molecule has 1 aromatic rings. The maximum Gasteiger partial charge on any atom is 0.232 e. The fourth-order valence-electron chi connectivity index (χ4n) is 2.70. The molecule has 1 fully saturated rings. The molecular weight excluding hydrogens is 525 g/mol. The number of hydrogen-bond donors (Lipinski definition) is 2. The van der Waals surface area contributed by atoms with Crippen molar-refractivity contribution in [3.8, 4) is 5.88 Å². The van der Waals surface area contributed by atoms with E-state index in [2.05, 4.69) is 72.1 Å². The van der Waals surface area contributed by atoms with E-state index in [9.17, 15) is 0 Å². The van der Waals surface area contributed by atoms with Gasteiger partial charge in [-0.1, -0.05) is 0 Å². The molecule has 1 saturated heterocycles. The third-order valence-corrected chi connectivity index (χ3v) is 4.57. The SMILES string of the molecule is CN=C(NCCNC(C)(C)C)N1CCN(c2ncc(Br)c(OC)n2)CC1.I. The molecule has 0 bridgehead atoms. The summed E-state index contributed by atoms with van der Waals surface area (Å²) in [5.74, 6) is 2.19. The first-order valence-electron chi connectivity index (χ1n) is 8.86. The molecule has 27 heavy (non-hydrogen) atoms. The number of ether oxygens (including phenoxy) is 1. The van der Waals surface area contributed by atoms with Crippen LogP contribution in [0.1, 0.15) is 20.8 Å². The lowest BCUT2D eigenvalue weighted by Gasteiger charge is -2.36. The molecule has 10 heteroatoms. The van der Waals surface area contributed by atoms with Crippen LogP contribution < -0.4 is 20.3 Å². The molecule has 0 radical (unpaired) electrons. The van der Waals surface area contributed by atoms with Gasteiger partial charge >= 0.3 is 0 Å². The number of nitrogens with one attached hydrogen (secondary N) is 2. The van der Waals surface area contributed by atoms with Crippen LogP contribution in [0.15, 0.2) is 15.7 Å². The van der Waals surface area contributed by atoms with E-state index in [-0.39, 0.29) is 29.5 Å². The van der Waals surface area contributed by atoms with Gasteiger partial charge in [-0.05, 0) is 36.7 Å². The predicted octanol–water partition coefficient (Wildman–Crippen LogP) is 1.95. The molecule has 0 atom stereocenters. The van der Waals surface area contributed by atoms with Crippen LogP contribution in [0.25, 0.3) is 0 Å². The van der Waals surface area contributed by atoms with Crippen LogP contribution in [0.3, 0.4) is 0 Å². The normalized spacial score (nSPS) is 15.4. The number of piperazine rings is 1. The smallest absolute Gasteiger partial charge is 0.232 e. The number of aliphatic imine (C=N–C) groups is 1. The predicted molar refractivity (Wildman–Crippen MR) is 125 cm³/mol. The number of methoxy groups -OCH3 is 1. The van der Waals surface area contributed by atoms with E-state index >= 15 is 0 Å². The van der Waals surface area contributed by atoms with Gasteiger partial charge in [0.05, 0.1) is 17.8 Å². The summed E-state index contributed by atoms with van der Waals surface area (Å²) in [4.78, 5) is 17.7. The maximum absolute atomic E-state index is 5.26. The lowest BCUT2D eigenvalue weighted by molar-refractivity contribution is 0.364. The summed E-state index contributed by atoms with van der Waals surface area (Å²) in [6.45, 7) is 11.7. The number of nitrogens with zero attached hydrogens (tertiary/aromatic N) is 5. The molecule has 2 N–H and O–H groups in total. The van der Waals surface area contributed by atoms with E-state index in [1.165, 1.54) is 0 Å². The third-order valence-electron chi connectivity index (χ3n) is 4.03. The minimum atomic E-state index is 0. The summed E-state index contributed by atoms with van der Waals surface area (Å²) in [6.07, 6.45) is 1.73. The van der Waals surface area contributed by atoms with E-state index in [1.807, 2.05) is 7.05 Å². The largest absolute Gasteiger partial charge is 0.480 e. The Morgan fingerprint density at radius 2 is 1.93 bits per heavy atom. The number of rotatable bonds is 5. The van der Waals surface area contributed by atoms with Crippen molar-refractivity contribution in [2.75, 3.05) is 58.3 Å². The van der Waals surface area contributed by atoms with Crippen LogP contribution in [0.2, 0.25) is 0 Å². The first-order valence-corrected chi connectivity index (χ1v) is 9.65. The quantitative estimate of drug-likeness (QED) is 0.249. The minimum absolute atomic E-state index is 0. The summed E-state index contributed by atoms with van der Waals surface area (Å²) in [7, 11) is 3.44. The third kappa shape index (κ3) is 7.57. The summed E-state index contributed by atoms with van der Waals surface area (Å²) >= 11 is 3.39. The number of hydrogen-bond acceptors (Lipinski definition) is 6. The van der Waals surface area contributed by atoms with E-state index in [4.69, 9.17) is 4.74 Å². The second-order valence-corrected chi connectivity index (χ2v) is 8.01. The van der Waals surface area contributed by atoms with Crippen molar-refractivity contribution in [1.29, 1.82) is 0 Å². The average molecular weight is 556 g/mol. The molecule has 0 aliphatic carbocycles. The first kappa shape index (κ1) is 24.2. The summed E-state index contributed by atoms with van der Waals surface area (Å²) in [6, 6.07) is 0. The van der Waals surface area contributed by atoms with Gasteiger partial charge in [-0.15, -0.1) is 24.0 Å². The van der Waals surface area contributed by atoms with E-state index in [1.54, 1.807) is 13.3 Å². The molecule has 0 spiro atoms. The molecule has 1 aliphatic heterocycles. The fraction of sp³-hybridized carbons (Fsp3) is 0.706. The summed E-state index contributed by atoms with van der Waals surface area (Å²) < 4.78 is 6.02. The van der Waals surface area contributed by atoms with Crippen molar-refractivity contribution >= 4 is 51.8 Å². The summed E-state index contributed by atoms with van der Waals surface area (Å²) in [5, 5.41) is 6.90. The lowest BCUT2D eigenvalue weighted by Crippen LogP contribution is -2.53. The molecule has 2 rings (SSSR count).